The SMILES string of the molecule is C=CCCC(c1ccccc1)(c1ccccc1)n1nccn1. The molecule has 110 valence electrons. The van der Waals surface area contributed by atoms with Crippen LogP contribution >= 0.6 is 0 Å². The van der Waals surface area contributed by atoms with E-state index in [9.17, 15) is 0 Å². The Morgan fingerprint density at radius 3 is 1.82 bits per heavy atom. The molecule has 1 aromatic heterocycles. The van der Waals surface area contributed by atoms with Crippen LogP contribution in [0.25, 0.3) is 0 Å². The van der Waals surface area contributed by atoms with E-state index in [1.54, 1.807) is 12.4 Å². The summed E-state index contributed by atoms with van der Waals surface area (Å²) in [6.07, 6.45) is 7.15. The molecule has 0 unspecified atom stereocenters. The molecular weight excluding hydrogens is 270 g/mol. The highest BCUT2D eigenvalue weighted by atomic mass is 15.5. The van der Waals surface area contributed by atoms with Crippen molar-refractivity contribution in [2.45, 2.75) is 18.4 Å². The summed E-state index contributed by atoms with van der Waals surface area (Å²) in [5.41, 5.74) is 1.94. The van der Waals surface area contributed by atoms with Crippen molar-refractivity contribution in [2.24, 2.45) is 0 Å². The summed E-state index contributed by atoms with van der Waals surface area (Å²) in [5, 5.41) is 8.93. The van der Waals surface area contributed by atoms with Gasteiger partial charge < -0.3 is 0 Å². The van der Waals surface area contributed by atoms with Crippen LogP contribution in [0.1, 0.15) is 24.0 Å². The van der Waals surface area contributed by atoms with Crippen LogP contribution in [0.5, 0.6) is 0 Å². The van der Waals surface area contributed by atoms with Crippen molar-refractivity contribution in [3.05, 3.63) is 96.8 Å². The van der Waals surface area contributed by atoms with Gasteiger partial charge in [-0.25, -0.2) is 0 Å². The molecule has 3 heteroatoms. The van der Waals surface area contributed by atoms with Crippen LogP contribution in [0.2, 0.25) is 0 Å². The van der Waals surface area contributed by atoms with Crippen molar-refractivity contribution >= 4 is 0 Å². The second kappa shape index (κ2) is 6.39. The second-order valence-electron chi connectivity index (χ2n) is 5.24. The van der Waals surface area contributed by atoms with Crippen molar-refractivity contribution < 1.29 is 0 Å². The lowest BCUT2D eigenvalue weighted by Crippen LogP contribution is -2.38. The topological polar surface area (TPSA) is 30.7 Å². The van der Waals surface area contributed by atoms with Gasteiger partial charge in [-0.1, -0.05) is 66.7 Å². The summed E-state index contributed by atoms with van der Waals surface area (Å²) in [7, 11) is 0. The van der Waals surface area contributed by atoms with E-state index in [1.807, 2.05) is 23.0 Å². The zero-order valence-corrected chi connectivity index (χ0v) is 12.5. The van der Waals surface area contributed by atoms with Crippen LogP contribution < -0.4 is 0 Å². The van der Waals surface area contributed by atoms with Gasteiger partial charge in [-0.15, -0.1) is 6.58 Å². The molecule has 0 radical (unpaired) electrons. The maximum atomic E-state index is 4.47. The summed E-state index contributed by atoms with van der Waals surface area (Å²) in [5.74, 6) is 0. The van der Waals surface area contributed by atoms with Gasteiger partial charge in [0.15, 0.2) is 0 Å². The number of nitrogens with zero attached hydrogens (tertiary/aromatic N) is 3. The van der Waals surface area contributed by atoms with E-state index in [1.165, 1.54) is 11.1 Å². The fourth-order valence-corrected chi connectivity index (χ4v) is 2.94. The predicted molar refractivity (Wildman–Crippen MR) is 88.5 cm³/mol. The minimum absolute atomic E-state index is 0.416. The third kappa shape index (κ3) is 2.46. The Kier molecular flexibility index (Phi) is 4.15. The van der Waals surface area contributed by atoms with E-state index in [0.717, 1.165) is 12.8 Å². The van der Waals surface area contributed by atoms with Crippen molar-refractivity contribution in [2.75, 3.05) is 0 Å². The molecule has 22 heavy (non-hydrogen) atoms. The third-order valence-electron chi connectivity index (χ3n) is 3.97. The number of allylic oxidation sites excluding steroid dienone is 1. The smallest absolute Gasteiger partial charge is 0.132 e. The van der Waals surface area contributed by atoms with Crippen LogP contribution in [0.3, 0.4) is 0 Å². The summed E-state index contributed by atoms with van der Waals surface area (Å²) in [6, 6.07) is 20.9. The highest BCUT2D eigenvalue weighted by Crippen LogP contribution is 2.37. The van der Waals surface area contributed by atoms with E-state index in [2.05, 4.69) is 65.3 Å². The fourth-order valence-electron chi connectivity index (χ4n) is 2.94. The molecule has 2 aromatic carbocycles. The molecule has 0 aliphatic carbocycles. The lowest BCUT2D eigenvalue weighted by atomic mass is 9.79. The predicted octanol–water partition coefficient (Wildman–Crippen LogP) is 4.04. The monoisotopic (exact) mass is 289 g/mol. The molecule has 0 amide bonds. The maximum Gasteiger partial charge on any atom is 0.132 e. The number of hydrogen-bond acceptors (Lipinski definition) is 2. The Morgan fingerprint density at radius 1 is 0.864 bits per heavy atom. The Balaban J connectivity index is 2.25. The Morgan fingerprint density at radius 2 is 1.36 bits per heavy atom. The summed E-state index contributed by atoms with van der Waals surface area (Å²) < 4.78 is 0. The van der Waals surface area contributed by atoms with Crippen LogP contribution in [0.4, 0.5) is 0 Å². The Labute approximate surface area is 130 Å². The number of rotatable bonds is 6. The van der Waals surface area contributed by atoms with Gasteiger partial charge in [0, 0.05) is 0 Å². The lowest BCUT2D eigenvalue weighted by Gasteiger charge is -2.34. The average molecular weight is 289 g/mol. The van der Waals surface area contributed by atoms with Gasteiger partial charge in [-0.2, -0.15) is 15.0 Å². The Bertz CT molecular complexity index is 663. The maximum absolute atomic E-state index is 4.47. The molecule has 0 atom stereocenters. The van der Waals surface area contributed by atoms with Crippen molar-refractivity contribution in [1.82, 2.24) is 15.0 Å². The first kappa shape index (κ1) is 14.3. The van der Waals surface area contributed by atoms with Gasteiger partial charge >= 0.3 is 0 Å². The van der Waals surface area contributed by atoms with Crippen molar-refractivity contribution in [3.63, 3.8) is 0 Å². The molecule has 0 aliphatic heterocycles. The molecule has 0 aliphatic rings. The first-order valence-corrected chi connectivity index (χ1v) is 7.46. The molecule has 3 aromatic rings. The molecule has 0 N–H and O–H groups in total. The quantitative estimate of drug-likeness (QED) is 0.641. The van der Waals surface area contributed by atoms with Gasteiger partial charge in [0.1, 0.15) is 5.54 Å². The number of hydrogen-bond donors (Lipinski definition) is 0. The third-order valence-corrected chi connectivity index (χ3v) is 3.97. The van der Waals surface area contributed by atoms with Crippen LogP contribution in [-0.4, -0.2) is 15.0 Å². The molecule has 0 fully saturated rings. The minimum Gasteiger partial charge on any atom is -0.170 e. The normalized spacial score (nSPS) is 11.3. The van der Waals surface area contributed by atoms with Crippen LogP contribution in [-0.2, 0) is 5.54 Å². The summed E-state index contributed by atoms with van der Waals surface area (Å²) >= 11 is 0. The molecule has 0 spiro atoms. The van der Waals surface area contributed by atoms with E-state index in [-0.39, 0.29) is 0 Å². The molecule has 3 nitrogen and oxygen atoms in total. The first-order valence-electron chi connectivity index (χ1n) is 7.46. The highest BCUT2D eigenvalue weighted by molar-refractivity contribution is 5.38. The lowest BCUT2D eigenvalue weighted by molar-refractivity contribution is 0.322. The molecule has 0 saturated heterocycles. The van der Waals surface area contributed by atoms with E-state index in [0.29, 0.717) is 0 Å². The molecule has 1 heterocycles. The summed E-state index contributed by atoms with van der Waals surface area (Å²) in [6.45, 7) is 3.88. The molecule has 3 rings (SSSR count). The number of aromatic nitrogens is 3. The van der Waals surface area contributed by atoms with E-state index in [4.69, 9.17) is 0 Å². The Hall–Kier alpha value is -2.68. The van der Waals surface area contributed by atoms with Crippen molar-refractivity contribution in [1.29, 1.82) is 0 Å². The number of benzene rings is 2. The minimum atomic E-state index is -0.416. The van der Waals surface area contributed by atoms with Gasteiger partial charge in [0.05, 0.1) is 12.4 Å². The van der Waals surface area contributed by atoms with E-state index < -0.39 is 5.54 Å². The zero-order chi connectivity index (χ0) is 15.3. The van der Waals surface area contributed by atoms with Gasteiger partial charge in [-0.05, 0) is 24.0 Å². The average Bonchev–Trinajstić information content (AvgIpc) is 3.13. The molecule has 0 bridgehead atoms. The molecule has 0 saturated carbocycles. The summed E-state index contributed by atoms with van der Waals surface area (Å²) in [4.78, 5) is 1.82. The fraction of sp³-hybridized carbons (Fsp3) is 0.158. The standard InChI is InChI=1S/C19H19N3/c1-2-3-14-19(22-20-15-16-21-22,17-10-6-4-7-11-17)18-12-8-5-9-13-18/h2,4-13,15-16H,1,3,14H2. The van der Waals surface area contributed by atoms with Crippen LogP contribution in [0.15, 0.2) is 85.7 Å². The van der Waals surface area contributed by atoms with E-state index >= 15 is 0 Å². The van der Waals surface area contributed by atoms with Gasteiger partial charge in [0.2, 0.25) is 0 Å². The largest absolute Gasteiger partial charge is 0.170 e. The van der Waals surface area contributed by atoms with Crippen LogP contribution in [0, 0.1) is 0 Å². The van der Waals surface area contributed by atoms with Gasteiger partial charge in [0.25, 0.3) is 0 Å². The first-order chi connectivity index (χ1) is 10.9. The van der Waals surface area contributed by atoms with Crippen molar-refractivity contribution in [3.8, 4) is 0 Å². The zero-order valence-electron chi connectivity index (χ0n) is 12.5. The molecular formula is C19H19N3. The van der Waals surface area contributed by atoms with Gasteiger partial charge in [-0.3, -0.25) is 0 Å². The highest BCUT2D eigenvalue weighted by Gasteiger charge is 2.37. The second-order valence-corrected chi connectivity index (χ2v) is 5.24.